The molecule has 0 saturated carbocycles. The van der Waals surface area contributed by atoms with Crippen molar-refractivity contribution in [1.29, 1.82) is 5.26 Å². The van der Waals surface area contributed by atoms with Crippen LogP contribution in [0.25, 0.3) is 0 Å². The van der Waals surface area contributed by atoms with E-state index in [1.165, 1.54) is 0 Å². The van der Waals surface area contributed by atoms with Crippen LogP contribution < -0.4 is 0 Å². The Morgan fingerprint density at radius 1 is 1.47 bits per heavy atom. The molecule has 0 saturated heterocycles. The standard InChI is InChI=1S/C11H12ClNO2/c1-7-2-3-8(6-13)9(4-7)11(15)10(14)5-12/h2-4,10-11,14-15H,5H2,1H3. The number of benzene rings is 1. The zero-order valence-electron chi connectivity index (χ0n) is 8.31. The summed E-state index contributed by atoms with van der Waals surface area (Å²) >= 11 is 5.44. The fourth-order valence-corrected chi connectivity index (χ4v) is 1.49. The topological polar surface area (TPSA) is 64.2 Å². The van der Waals surface area contributed by atoms with Crippen LogP contribution in [-0.2, 0) is 0 Å². The van der Waals surface area contributed by atoms with Gasteiger partial charge in [-0.3, -0.25) is 0 Å². The first-order valence-electron chi connectivity index (χ1n) is 4.53. The third kappa shape index (κ3) is 2.69. The normalized spacial score (nSPS) is 14.3. The average molecular weight is 226 g/mol. The van der Waals surface area contributed by atoms with Crippen LogP contribution in [0.4, 0.5) is 0 Å². The highest BCUT2D eigenvalue weighted by Crippen LogP contribution is 2.22. The maximum absolute atomic E-state index is 9.74. The maximum Gasteiger partial charge on any atom is 0.107 e. The molecule has 1 rings (SSSR count). The van der Waals surface area contributed by atoms with Gasteiger partial charge in [-0.05, 0) is 13.0 Å². The molecule has 1 aromatic rings. The van der Waals surface area contributed by atoms with Gasteiger partial charge in [0, 0.05) is 5.56 Å². The second-order valence-corrected chi connectivity index (χ2v) is 3.68. The van der Waals surface area contributed by atoms with Gasteiger partial charge in [0.05, 0.1) is 23.6 Å². The van der Waals surface area contributed by atoms with Gasteiger partial charge in [-0.1, -0.05) is 17.7 Å². The Hall–Kier alpha value is -1.08. The van der Waals surface area contributed by atoms with Crippen molar-refractivity contribution < 1.29 is 10.2 Å². The molecular weight excluding hydrogens is 214 g/mol. The van der Waals surface area contributed by atoms with Crippen molar-refractivity contribution in [1.82, 2.24) is 0 Å². The second-order valence-electron chi connectivity index (χ2n) is 3.37. The highest BCUT2D eigenvalue weighted by Gasteiger charge is 2.20. The van der Waals surface area contributed by atoms with Gasteiger partial charge in [0.2, 0.25) is 0 Å². The molecule has 0 spiro atoms. The minimum absolute atomic E-state index is 0.0695. The average Bonchev–Trinajstić information content (AvgIpc) is 2.27. The molecular formula is C11H12ClNO2. The highest BCUT2D eigenvalue weighted by atomic mass is 35.5. The van der Waals surface area contributed by atoms with Gasteiger partial charge in [-0.2, -0.15) is 5.26 Å². The molecule has 0 amide bonds. The molecule has 3 nitrogen and oxygen atoms in total. The first-order chi connectivity index (χ1) is 7.10. The monoisotopic (exact) mass is 225 g/mol. The predicted molar refractivity (Wildman–Crippen MR) is 57.6 cm³/mol. The summed E-state index contributed by atoms with van der Waals surface area (Å²) in [5.41, 5.74) is 1.70. The van der Waals surface area contributed by atoms with Crippen LogP contribution >= 0.6 is 11.6 Å². The molecule has 15 heavy (non-hydrogen) atoms. The van der Waals surface area contributed by atoms with Gasteiger partial charge in [0.15, 0.2) is 0 Å². The number of hydrogen-bond acceptors (Lipinski definition) is 3. The van der Waals surface area contributed by atoms with Crippen LogP contribution in [0, 0.1) is 18.3 Å². The van der Waals surface area contributed by atoms with Gasteiger partial charge < -0.3 is 10.2 Å². The summed E-state index contributed by atoms with van der Waals surface area (Å²) in [6, 6.07) is 7.05. The van der Waals surface area contributed by atoms with Crippen molar-refractivity contribution >= 4 is 11.6 Å². The lowest BCUT2D eigenvalue weighted by Crippen LogP contribution is -2.20. The molecule has 0 heterocycles. The molecule has 0 bridgehead atoms. The molecule has 80 valence electrons. The smallest absolute Gasteiger partial charge is 0.107 e. The molecule has 0 aliphatic carbocycles. The number of aliphatic hydroxyl groups excluding tert-OH is 2. The van der Waals surface area contributed by atoms with Crippen LogP contribution in [0.1, 0.15) is 22.8 Å². The SMILES string of the molecule is Cc1ccc(C#N)c(C(O)C(O)CCl)c1. The van der Waals surface area contributed by atoms with E-state index < -0.39 is 12.2 Å². The number of alkyl halides is 1. The van der Waals surface area contributed by atoms with Crippen molar-refractivity contribution in [3.05, 3.63) is 34.9 Å². The van der Waals surface area contributed by atoms with Crippen LogP contribution in [0.15, 0.2) is 18.2 Å². The Balaban J connectivity index is 3.12. The van der Waals surface area contributed by atoms with E-state index in [4.69, 9.17) is 16.9 Å². The van der Waals surface area contributed by atoms with E-state index in [0.717, 1.165) is 5.56 Å². The van der Waals surface area contributed by atoms with Crippen molar-refractivity contribution in [3.63, 3.8) is 0 Å². The summed E-state index contributed by atoms with van der Waals surface area (Å²) in [7, 11) is 0. The van der Waals surface area contributed by atoms with Crippen LogP contribution in [0.5, 0.6) is 0 Å². The van der Waals surface area contributed by atoms with Crippen LogP contribution in [0.2, 0.25) is 0 Å². The fraction of sp³-hybridized carbons (Fsp3) is 0.364. The third-order valence-corrected chi connectivity index (χ3v) is 2.48. The quantitative estimate of drug-likeness (QED) is 0.767. The number of nitrogens with zero attached hydrogens (tertiary/aromatic N) is 1. The molecule has 2 unspecified atom stereocenters. The van der Waals surface area contributed by atoms with Crippen molar-refractivity contribution in [2.75, 3.05) is 5.88 Å². The molecule has 2 atom stereocenters. The fourth-order valence-electron chi connectivity index (χ4n) is 1.32. The second kappa shape index (κ2) is 5.13. The molecule has 0 aliphatic rings. The van der Waals surface area contributed by atoms with Gasteiger partial charge in [0.25, 0.3) is 0 Å². The molecule has 0 aromatic heterocycles. The number of hydrogen-bond donors (Lipinski definition) is 2. The van der Waals surface area contributed by atoms with E-state index in [1.54, 1.807) is 18.2 Å². The van der Waals surface area contributed by atoms with Gasteiger partial charge >= 0.3 is 0 Å². The van der Waals surface area contributed by atoms with E-state index in [2.05, 4.69) is 0 Å². The van der Waals surface area contributed by atoms with Crippen LogP contribution in [0.3, 0.4) is 0 Å². The summed E-state index contributed by atoms with van der Waals surface area (Å²) in [6.45, 7) is 1.85. The molecule has 0 aliphatic heterocycles. The number of halogens is 1. The van der Waals surface area contributed by atoms with Crippen molar-refractivity contribution in [2.45, 2.75) is 19.1 Å². The van der Waals surface area contributed by atoms with E-state index in [9.17, 15) is 10.2 Å². The Morgan fingerprint density at radius 3 is 2.67 bits per heavy atom. The van der Waals surface area contributed by atoms with E-state index >= 15 is 0 Å². The van der Waals surface area contributed by atoms with Crippen LogP contribution in [-0.4, -0.2) is 22.2 Å². The molecule has 0 radical (unpaired) electrons. The number of aliphatic hydroxyl groups is 2. The van der Waals surface area contributed by atoms with Crippen molar-refractivity contribution in [3.8, 4) is 6.07 Å². The minimum Gasteiger partial charge on any atom is -0.389 e. The summed E-state index contributed by atoms with van der Waals surface area (Å²) in [5, 5.41) is 28.0. The lowest BCUT2D eigenvalue weighted by atomic mass is 9.98. The first kappa shape index (κ1) is 12.0. The summed E-state index contributed by atoms with van der Waals surface area (Å²) in [4.78, 5) is 0. The largest absolute Gasteiger partial charge is 0.389 e. The Labute approximate surface area is 93.5 Å². The Bertz CT molecular complexity index is 387. The number of nitriles is 1. The van der Waals surface area contributed by atoms with E-state index in [-0.39, 0.29) is 5.88 Å². The summed E-state index contributed by atoms with van der Waals surface area (Å²) in [5.74, 6) is -0.0695. The molecule has 1 aromatic carbocycles. The van der Waals surface area contributed by atoms with Gasteiger partial charge in [-0.15, -0.1) is 11.6 Å². The molecule has 4 heteroatoms. The number of rotatable bonds is 3. The van der Waals surface area contributed by atoms with Gasteiger partial charge in [-0.25, -0.2) is 0 Å². The van der Waals surface area contributed by atoms with E-state index in [0.29, 0.717) is 11.1 Å². The summed E-state index contributed by atoms with van der Waals surface area (Å²) < 4.78 is 0. The van der Waals surface area contributed by atoms with E-state index in [1.807, 2.05) is 13.0 Å². The first-order valence-corrected chi connectivity index (χ1v) is 5.06. The molecule has 2 N–H and O–H groups in total. The zero-order chi connectivity index (χ0) is 11.4. The lowest BCUT2D eigenvalue weighted by molar-refractivity contribution is 0.0325. The molecule has 0 fully saturated rings. The third-order valence-electron chi connectivity index (χ3n) is 2.17. The van der Waals surface area contributed by atoms with Crippen molar-refractivity contribution in [2.24, 2.45) is 0 Å². The minimum atomic E-state index is -1.11. The number of aryl methyl sites for hydroxylation is 1. The highest BCUT2D eigenvalue weighted by molar-refractivity contribution is 6.18. The van der Waals surface area contributed by atoms with Gasteiger partial charge in [0.1, 0.15) is 6.10 Å². The summed E-state index contributed by atoms with van der Waals surface area (Å²) in [6.07, 6.45) is -2.17. The zero-order valence-corrected chi connectivity index (χ0v) is 9.07. The maximum atomic E-state index is 9.74. The lowest BCUT2D eigenvalue weighted by Gasteiger charge is -2.17. The Kier molecular flexibility index (Phi) is 4.10. The predicted octanol–water partition coefficient (Wildman–Crippen LogP) is 1.50. The Morgan fingerprint density at radius 2 is 2.13 bits per heavy atom.